The van der Waals surface area contributed by atoms with Gasteiger partial charge in [-0.25, -0.2) is 4.79 Å². The van der Waals surface area contributed by atoms with Gasteiger partial charge >= 0.3 is 5.97 Å². The second-order valence-corrected chi connectivity index (χ2v) is 5.52. The lowest BCUT2D eigenvalue weighted by Gasteiger charge is -2.20. The van der Waals surface area contributed by atoms with E-state index in [4.69, 9.17) is 14.2 Å². The number of benzene rings is 2. The van der Waals surface area contributed by atoms with Crippen LogP contribution in [-0.4, -0.2) is 39.2 Å². The van der Waals surface area contributed by atoms with Crippen molar-refractivity contribution in [1.29, 1.82) is 0 Å². The molecule has 0 atom stereocenters. The van der Waals surface area contributed by atoms with Crippen molar-refractivity contribution in [2.75, 3.05) is 32.3 Å². The number of hydrogen-bond donors (Lipinski definition) is 0. The van der Waals surface area contributed by atoms with E-state index in [-0.39, 0.29) is 12.5 Å². The number of methoxy groups -OCH3 is 2. The molecule has 27 heavy (non-hydrogen) atoms. The maximum atomic E-state index is 12.3. The van der Waals surface area contributed by atoms with Crippen LogP contribution in [0.4, 0.5) is 5.69 Å². The summed E-state index contributed by atoms with van der Waals surface area (Å²) in [5, 5.41) is 0. The molecule has 0 fully saturated rings. The SMILES string of the molecule is CCN(C(=O)COC(=O)/C=C/c1cc(OC)ccc1OC)c1ccccc1. The highest BCUT2D eigenvalue weighted by Gasteiger charge is 2.15. The van der Waals surface area contributed by atoms with Crippen LogP contribution in [0.5, 0.6) is 11.5 Å². The van der Waals surface area contributed by atoms with E-state index in [1.807, 2.05) is 37.3 Å². The van der Waals surface area contributed by atoms with E-state index in [1.165, 1.54) is 6.08 Å². The molecule has 0 unspecified atom stereocenters. The van der Waals surface area contributed by atoms with Crippen LogP contribution in [0, 0.1) is 0 Å². The van der Waals surface area contributed by atoms with Crippen molar-refractivity contribution in [2.24, 2.45) is 0 Å². The summed E-state index contributed by atoms with van der Waals surface area (Å²) in [6.07, 6.45) is 2.81. The maximum Gasteiger partial charge on any atom is 0.331 e. The molecule has 0 spiro atoms. The minimum atomic E-state index is -0.614. The number of anilines is 1. The lowest BCUT2D eigenvalue weighted by atomic mass is 10.1. The molecule has 2 aromatic carbocycles. The maximum absolute atomic E-state index is 12.3. The van der Waals surface area contributed by atoms with E-state index in [1.54, 1.807) is 43.4 Å². The van der Waals surface area contributed by atoms with Crippen molar-refractivity contribution in [3.05, 3.63) is 60.2 Å². The number of amides is 1. The minimum Gasteiger partial charge on any atom is -0.497 e. The van der Waals surface area contributed by atoms with E-state index < -0.39 is 5.97 Å². The Labute approximate surface area is 159 Å². The number of para-hydroxylation sites is 1. The van der Waals surface area contributed by atoms with Gasteiger partial charge in [-0.1, -0.05) is 18.2 Å². The molecule has 0 bridgehead atoms. The van der Waals surface area contributed by atoms with Crippen LogP contribution in [0.1, 0.15) is 12.5 Å². The summed E-state index contributed by atoms with van der Waals surface area (Å²) in [7, 11) is 3.10. The van der Waals surface area contributed by atoms with Crippen LogP contribution in [0.2, 0.25) is 0 Å². The fourth-order valence-corrected chi connectivity index (χ4v) is 2.50. The summed E-state index contributed by atoms with van der Waals surface area (Å²) in [4.78, 5) is 25.9. The Morgan fingerprint density at radius 2 is 1.78 bits per heavy atom. The largest absolute Gasteiger partial charge is 0.497 e. The van der Waals surface area contributed by atoms with Gasteiger partial charge in [-0.15, -0.1) is 0 Å². The summed E-state index contributed by atoms with van der Waals surface area (Å²) in [5.41, 5.74) is 1.43. The molecule has 1 amide bonds. The zero-order chi connectivity index (χ0) is 19.6. The predicted molar refractivity (Wildman–Crippen MR) is 104 cm³/mol. The standard InChI is InChI=1S/C21H23NO5/c1-4-22(17-8-6-5-7-9-17)20(23)15-27-21(24)13-10-16-14-18(25-2)11-12-19(16)26-3/h5-14H,4,15H2,1-3H3/b13-10+. The number of nitrogens with zero attached hydrogens (tertiary/aromatic N) is 1. The molecule has 142 valence electrons. The van der Waals surface area contributed by atoms with Crippen LogP contribution in [0.15, 0.2) is 54.6 Å². The van der Waals surface area contributed by atoms with E-state index in [0.717, 1.165) is 5.69 Å². The molecule has 6 nitrogen and oxygen atoms in total. The molecule has 0 saturated carbocycles. The van der Waals surface area contributed by atoms with Crippen LogP contribution in [-0.2, 0) is 14.3 Å². The van der Waals surface area contributed by atoms with E-state index in [9.17, 15) is 9.59 Å². The topological polar surface area (TPSA) is 65.1 Å². The van der Waals surface area contributed by atoms with Crippen LogP contribution in [0.25, 0.3) is 6.08 Å². The Bertz CT molecular complexity index is 801. The molecule has 0 saturated heterocycles. The lowest BCUT2D eigenvalue weighted by molar-refractivity contribution is -0.142. The van der Waals surface area contributed by atoms with Crippen molar-refractivity contribution in [3.8, 4) is 11.5 Å². The third-order valence-corrected chi connectivity index (χ3v) is 3.86. The number of carbonyl (C=O) groups excluding carboxylic acids is 2. The second-order valence-electron chi connectivity index (χ2n) is 5.52. The van der Waals surface area contributed by atoms with Gasteiger partial charge in [0, 0.05) is 23.9 Å². The van der Waals surface area contributed by atoms with Crippen molar-refractivity contribution < 1.29 is 23.8 Å². The van der Waals surface area contributed by atoms with Crippen LogP contribution >= 0.6 is 0 Å². The van der Waals surface area contributed by atoms with Gasteiger partial charge in [0.2, 0.25) is 0 Å². The first kappa shape index (κ1) is 20.0. The highest BCUT2D eigenvalue weighted by molar-refractivity contribution is 5.96. The summed E-state index contributed by atoms with van der Waals surface area (Å²) in [6.45, 7) is 2.01. The fraction of sp³-hybridized carbons (Fsp3) is 0.238. The first-order valence-corrected chi connectivity index (χ1v) is 8.51. The van der Waals surface area contributed by atoms with Gasteiger partial charge in [0.15, 0.2) is 6.61 Å². The Kier molecular flexibility index (Phi) is 7.43. The second kappa shape index (κ2) is 10.0. The van der Waals surface area contributed by atoms with E-state index >= 15 is 0 Å². The molecule has 0 heterocycles. The molecular weight excluding hydrogens is 346 g/mol. The summed E-state index contributed by atoms with van der Waals surface area (Å²) >= 11 is 0. The highest BCUT2D eigenvalue weighted by atomic mass is 16.5. The number of likely N-dealkylation sites (N-methyl/N-ethyl adjacent to an activating group) is 1. The smallest absolute Gasteiger partial charge is 0.331 e. The molecule has 0 aromatic heterocycles. The van der Waals surface area contributed by atoms with Gasteiger partial charge in [0.1, 0.15) is 11.5 Å². The average Bonchev–Trinajstić information content (AvgIpc) is 2.71. The highest BCUT2D eigenvalue weighted by Crippen LogP contribution is 2.25. The molecule has 0 aliphatic carbocycles. The molecule has 0 radical (unpaired) electrons. The zero-order valence-corrected chi connectivity index (χ0v) is 15.7. The number of esters is 1. The lowest BCUT2D eigenvalue weighted by Crippen LogP contribution is -2.34. The normalized spacial score (nSPS) is 10.5. The Hall–Kier alpha value is -3.28. The molecule has 0 aliphatic rings. The summed E-state index contributed by atoms with van der Waals surface area (Å²) in [5.74, 6) is 0.333. The quantitative estimate of drug-likeness (QED) is 0.528. The molecule has 0 N–H and O–H groups in total. The Balaban J connectivity index is 1.97. The van der Waals surface area contributed by atoms with Crippen molar-refractivity contribution >= 4 is 23.6 Å². The monoisotopic (exact) mass is 369 g/mol. The molecule has 2 rings (SSSR count). The molecule has 6 heteroatoms. The van der Waals surface area contributed by atoms with Gasteiger partial charge in [0.25, 0.3) is 5.91 Å². The first-order chi connectivity index (χ1) is 13.1. The van der Waals surface area contributed by atoms with Gasteiger partial charge in [-0.2, -0.15) is 0 Å². The van der Waals surface area contributed by atoms with Gasteiger partial charge in [-0.05, 0) is 43.3 Å². The van der Waals surface area contributed by atoms with Gasteiger partial charge in [-0.3, -0.25) is 4.79 Å². The Morgan fingerprint density at radius 1 is 1.04 bits per heavy atom. The molecule has 2 aromatic rings. The van der Waals surface area contributed by atoms with Crippen LogP contribution < -0.4 is 14.4 Å². The van der Waals surface area contributed by atoms with E-state index in [2.05, 4.69) is 0 Å². The van der Waals surface area contributed by atoms with Crippen molar-refractivity contribution in [1.82, 2.24) is 0 Å². The van der Waals surface area contributed by atoms with Crippen molar-refractivity contribution in [2.45, 2.75) is 6.92 Å². The van der Waals surface area contributed by atoms with Crippen LogP contribution in [0.3, 0.4) is 0 Å². The minimum absolute atomic E-state index is 0.288. The third-order valence-electron chi connectivity index (χ3n) is 3.86. The third kappa shape index (κ3) is 5.60. The summed E-state index contributed by atoms with van der Waals surface area (Å²) in [6, 6.07) is 14.5. The average molecular weight is 369 g/mol. The van der Waals surface area contributed by atoms with E-state index in [0.29, 0.717) is 23.6 Å². The number of hydrogen-bond acceptors (Lipinski definition) is 5. The fourth-order valence-electron chi connectivity index (χ4n) is 2.50. The molecular formula is C21H23NO5. The number of ether oxygens (including phenoxy) is 3. The van der Waals surface area contributed by atoms with Crippen molar-refractivity contribution in [3.63, 3.8) is 0 Å². The Morgan fingerprint density at radius 3 is 2.41 bits per heavy atom. The number of carbonyl (C=O) groups is 2. The van der Waals surface area contributed by atoms with Gasteiger partial charge in [0.05, 0.1) is 14.2 Å². The van der Waals surface area contributed by atoms with Gasteiger partial charge < -0.3 is 19.1 Å². The predicted octanol–water partition coefficient (Wildman–Crippen LogP) is 3.31. The number of rotatable bonds is 8. The zero-order valence-electron chi connectivity index (χ0n) is 15.7. The summed E-state index contributed by atoms with van der Waals surface area (Å²) < 4.78 is 15.5. The molecule has 0 aliphatic heterocycles. The first-order valence-electron chi connectivity index (χ1n) is 8.51.